The maximum atomic E-state index is 13.0. The van der Waals surface area contributed by atoms with Crippen molar-refractivity contribution in [2.24, 2.45) is 0 Å². The first-order valence-electron chi connectivity index (χ1n) is 9.51. The van der Waals surface area contributed by atoms with E-state index < -0.39 is 0 Å². The number of carbonyl (C=O) groups excluding carboxylic acids is 2. The molecule has 2 aromatic rings. The summed E-state index contributed by atoms with van der Waals surface area (Å²) in [6.45, 7) is 5.75. The molecule has 0 saturated heterocycles. The molecular formula is C22H27N3O2. The molecule has 5 heteroatoms. The van der Waals surface area contributed by atoms with Gasteiger partial charge in [-0.1, -0.05) is 30.7 Å². The van der Waals surface area contributed by atoms with Gasteiger partial charge in [-0.25, -0.2) is 0 Å². The number of aromatic nitrogens is 1. The number of nitrogens with one attached hydrogen (secondary N) is 2. The molecule has 5 nitrogen and oxygen atoms in total. The van der Waals surface area contributed by atoms with Crippen LogP contribution in [0.5, 0.6) is 0 Å². The van der Waals surface area contributed by atoms with Crippen LogP contribution in [0.3, 0.4) is 0 Å². The maximum absolute atomic E-state index is 13.0. The minimum Gasteiger partial charge on any atom is -0.346 e. The van der Waals surface area contributed by atoms with Gasteiger partial charge in [0, 0.05) is 17.4 Å². The van der Waals surface area contributed by atoms with Gasteiger partial charge < -0.3 is 10.6 Å². The summed E-state index contributed by atoms with van der Waals surface area (Å²) >= 11 is 0. The van der Waals surface area contributed by atoms with Gasteiger partial charge in [0.1, 0.15) is 5.69 Å². The number of pyridine rings is 1. The summed E-state index contributed by atoms with van der Waals surface area (Å²) in [4.78, 5) is 29.4. The Morgan fingerprint density at radius 2 is 1.89 bits per heavy atom. The van der Waals surface area contributed by atoms with Crippen LogP contribution in [0.1, 0.15) is 67.6 Å². The molecule has 2 N–H and O–H groups in total. The van der Waals surface area contributed by atoms with E-state index in [1.807, 2.05) is 32.9 Å². The van der Waals surface area contributed by atoms with Crippen molar-refractivity contribution in [3.8, 4) is 0 Å². The predicted molar refractivity (Wildman–Crippen MR) is 107 cm³/mol. The summed E-state index contributed by atoms with van der Waals surface area (Å²) in [5, 5.41) is 5.87. The molecule has 1 heterocycles. The molecule has 27 heavy (non-hydrogen) atoms. The van der Waals surface area contributed by atoms with Crippen molar-refractivity contribution in [1.82, 2.24) is 10.3 Å². The van der Waals surface area contributed by atoms with Crippen molar-refractivity contribution in [3.63, 3.8) is 0 Å². The molecule has 1 unspecified atom stereocenters. The topological polar surface area (TPSA) is 71.1 Å². The van der Waals surface area contributed by atoms with Gasteiger partial charge in [0.25, 0.3) is 5.91 Å². The first-order valence-corrected chi connectivity index (χ1v) is 9.51. The fourth-order valence-electron chi connectivity index (χ4n) is 3.46. The van der Waals surface area contributed by atoms with Crippen molar-refractivity contribution >= 4 is 17.5 Å². The van der Waals surface area contributed by atoms with Gasteiger partial charge in [-0.05, 0) is 63.3 Å². The molecule has 0 radical (unpaired) electrons. The lowest BCUT2D eigenvalue weighted by atomic mass is 9.92. The lowest BCUT2D eigenvalue weighted by Gasteiger charge is -2.20. The molecule has 0 spiro atoms. The highest BCUT2D eigenvalue weighted by Crippen LogP contribution is 2.31. The van der Waals surface area contributed by atoms with Crippen LogP contribution < -0.4 is 10.6 Å². The second kappa shape index (κ2) is 7.91. The van der Waals surface area contributed by atoms with Crippen LogP contribution in [-0.2, 0) is 11.2 Å². The number of hydrogen-bond donors (Lipinski definition) is 2. The molecule has 1 aliphatic rings. The molecule has 142 valence electrons. The Morgan fingerprint density at radius 3 is 2.67 bits per heavy atom. The first-order chi connectivity index (χ1) is 12.8. The van der Waals surface area contributed by atoms with Gasteiger partial charge in [0.05, 0.1) is 5.92 Å². The van der Waals surface area contributed by atoms with Crippen LogP contribution >= 0.6 is 0 Å². The summed E-state index contributed by atoms with van der Waals surface area (Å²) in [5.74, 6) is -0.445. The normalized spacial score (nSPS) is 16.8. The Morgan fingerprint density at radius 1 is 1.11 bits per heavy atom. The zero-order valence-electron chi connectivity index (χ0n) is 16.2. The van der Waals surface area contributed by atoms with Crippen molar-refractivity contribution in [2.45, 2.75) is 57.9 Å². The van der Waals surface area contributed by atoms with Crippen LogP contribution in [-0.4, -0.2) is 22.3 Å². The monoisotopic (exact) mass is 365 g/mol. The summed E-state index contributed by atoms with van der Waals surface area (Å²) in [6.07, 6.45) is 5.54. The standard InChI is InChI=1S/C22H27N3O2/c1-22(2,3)25-21(27)19-14-16(12-13-23-19)24-20(26)18-11-7-5-9-15-8-4-6-10-17(15)18/h4,6,8,10,12-14,18H,5,7,9,11H2,1-3H3,(H,25,27)(H,23,24,26). The molecule has 1 atom stereocenters. The summed E-state index contributed by atoms with van der Waals surface area (Å²) in [7, 11) is 0. The maximum Gasteiger partial charge on any atom is 0.270 e. The minimum absolute atomic E-state index is 0.0299. The average molecular weight is 365 g/mol. The number of rotatable bonds is 3. The SMILES string of the molecule is CC(C)(C)NC(=O)c1cc(NC(=O)C2CCCCc3ccccc32)ccn1. The van der Waals surface area contributed by atoms with Gasteiger partial charge in [-0.3, -0.25) is 14.6 Å². The van der Waals surface area contributed by atoms with E-state index in [1.165, 1.54) is 5.56 Å². The molecule has 1 aromatic carbocycles. The van der Waals surface area contributed by atoms with Crippen LogP contribution in [0.2, 0.25) is 0 Å². The number of benzene rings is 1. The van der Waals surface area contributed by atoms with Gasteiger partial charge in [-0.2, -0.15) is 0 Å². The van der Waals surface area contributed by atoms with E-state index in [0.717, 1.165) is 31.2 Å². The van der Waals surface area contributed by atoms with Crippen LogP contribution in [0, 0.1) is 0 Å². The quantitative estimate of drug-likeness (QED) is 0.806. The van der Waals surface area contributed by atoms with Gasteiger partial charge >= 0.3 is 0 Å². The second-order valence-corrected chi connectivity index (χ2v) is 8.12. The highest BCUT2D eigenvalue weighted by molar-refractivity contribution is 5.98. The number of fused-ring (bicyclic) bond motifs is 1. The Balaban J connectivity index is 1.77. The zero-order chi connectivity index (χ0) is 19.4. The number of anilines is 1. The van der Waals surface area contributed by atoms with E-state index >= 15 is 0 Å². The number of amides is 2. The third-order valence-electron chi connectivity index (χ3n) is 4.68. The third-order valence-corrected chi connectivity index (χ3v) is 4.68. The molecule has 0 saturated carbocycles. The number of carbonyl (C=O) groups is 2. The highest BCUT2D eigenvalue weighted by Gasteiger charge is 2.25. The fourth-order valence-corrected chi connectivity index (χ4v) is 3.46. The summed E-state index contributed by atoms with van der Waals surface area (Å²) < 4.78 is 0. The van der Waals surface area contributed by atoms with Gasteiger partial charge in [0.15, 0.2) is 0 Å². The average Bonchev–Trinajstić information content (AvgIpc) is 2.83. The van der Waals surface area contributed by atoms with Crippen molar-refractivity contribution in [3.05, 3.63) is 59.4 Å². The lowest BCUT2D eigenvalue weighted by molar-refractivity contribution is -0.117. The van der Waals surface area contributed by atoms with E-state index in [1.54, 1.807) is 18.3 Å². The zero-order valence-corrected chi connectivity index (χ0v) is 16.2. The minimum atomic E-state index is -0.345. The largest absolute Gasteiger partial charge is 0.346 e. The molecule has 0 bridgehead atoms. The van der Waals surface area contributed by atoms with Gasteiger partial charge in [0.2, 0.25) is 5.91 Å². The van der Waals surface area contributed by atoms with Crippen LogP contribution in [0.4, 0.5) is 5.69 Å². The molecule has 3 rings (SSSR count). The van der Waals surface area contributed by atoms with Gasteiger partial charge in [-0.15, -0.1) is 0 Å². The Bertz CT molecular complexity index is 839. The van der Waals surface area contributed by atoms with E-state index in [9.17, 15) is 9.59 Å². The molecule has 1 aliphatic carbocycles. The van der Waals surface area contributed by atoms with Crippen LogP contribution in [0.15, 0.2) is 42.6 Å². The smallest absolute Gasteiger partial charge is 0.270 e. The Hall–Kier alpha value is -2.69. The molecule has 2 amide bonds. The lowest BCUT2D eigenvalue weighted by Crippen LogP contribution is -2.40. The number of hydrogen-bond acceptors (Lipinski definition) is 3. The Labute approximate surface area is 160 Å². The predicted octanol–water partition coefficient (Wildman–Crippen LogP) is 4.06. The van der Waals surface area contributed by atoms with Crippen molar-refractivity contribution < 1.29 is 9.59 Å². The third kappa shape index (κ3) is 4.94. The van der Waals surface area contributed by atoms with Crippen LogP contribution in [0.25, 0.3) is 0 Å². The molecule has 0 fully saturated rings. The summed E-state index contributed by atoms with van der Waals surface area (Å²) in [6, 6.07) is 11.5. The van der Waals surface area contributed by atoms with Crippen molar-refractivity contribution in [1.29, 1.82) is 0 Å². The van der Waals surface area contributed by atoms with E-state index in [0.29, 0.717) is 11.4 Å². The first kappa shape index (κ1) is 19.1. The number of aryl methyl sites for hydroxylation is 1. The van der Waals surface area contributed by atoms with E-state index in [4.69, 9.17) is 0 Å². The molecule has 0 aliphatic heterocycles. The number of nitrogens with zero attached hydrogens (tertiary/aromatic N) is 1. The summed E-state index contributed by atoms with van der Waals surface area (Å²) in [5.41, 5.74) is 2.92. The van der Waals surface area contributed by atoms with E-state index in [2.05, 4.69) is 27.8 Å². The Kier molecular flexibility index (Phi) is 5.59. The van der Waals surface area contributed by atoms with E-state index in [-0.39, 0.29) is 23.3 Å². The van der Waals surface area contributed by atoms with Crippen molar-refractivity contribution in [2.75, 3.05) is 5.32 Å². The fraction of sp³-hybridized carbons (Fsp3) is 0.409. The molecular weight excluding hydrogens is 338 g/mol. The molecule has 1 aromatic heterocycles. The second-order valence-electron chi connectivity index (χ2n) is 8.12. The highest BCUT2D eigenvalue weighted by atomic mass is 16.2.